The maximum Gasteiger partial charge on any atom is 0.261 e. The highest BCUT2D eigenvalue weighted by Crippen LogP contribution is 2.19. The number of carbonyl (C=O) groups is 1. The predicted octanol–water partition coefficient (Wildman–Crippen LogP) is 2.47. The summed E-state index contributed by atoms with van der Waals surface area (Å²) in [5, 5.41) is 0. The summed E-state index contributed by atoms with van der Waals surface area (Å²) >= 11 is 0. The van der Waals surface area contributed by atoms with Gasteiger partial charge in [-0.2, -0.15) is 0 Å². The lowest BCUT2D eigenvalue weighted by molar-refractivity contribution is -0.116. The van der Waals surface area contributed by atoms with Crippen molar-refractivity contribution < 1.29 is 13.2 Å². The molecule has 5 nitrogen and oxygen atoms in total. The Morgan fingerprint density at radius 1 is 1.00 bits per heavy atom. The van der Waals surface area contributed by atoms with Crippen LogP contribution in [0.4, 0.5) is 11.4 Å². The molecule has 0 atom stereocenters. The fourth-order valence-electron chi connectivity index (χ4n) is 1.75. The molecule has 6 heteroatoms. The number of carbonyl (C=O) groups excluding carboxylic acids is 1. The van der Waals surface area contributed by atoms with E-state index in [0.29, 0.717) is 11.4 Å². The molecule has 0 bridgehead atoms. The van der Waals surface area contributed by atoms with E-state index in [2.05, 4.69) is 4.72 Å². The van der Waals surface area contributed by atoms with Crippen LogP contribution < -0.4 is 9.62 Å². The molecule has 110 valence electrons. The third-order valence-electron chi connectivity index (χ3n) is 3.03. The van der Waals surface area contributed by atoms with Crippen LogP contribution >= 0.6 is 0 Å². The maximum absolute atomic E-state index is 12.2. The molecule has 0 aromatic heterocycles. The van der Waals surface area contributed by atoms with E-state index in [0.717, 1.165) is 0 Å². The third-order valence-corrected chi connectivity index (χ3v) is 4.43. The summed E-state index contributed by atoms with van der Waals surface area (Å²) in [6.45, 7) is 1.45. The lowest BCUT2D eigenvalue weighted by atomic mass is 10.3. The number of nitrogens with one attached hydrogen (secondary N) is 1. The molecule has 0 aliphatic carbocycles. The number of nitrogens with zero attached hydrogens (tertiary/aromatic N) is 1. The minimum atomic E-state index is -3.63. The van der Waals surface area contributed by atoms with Crippen molar-refractivity contribution in [2.75, 3.05) is 16.7 Å². The molecule has 0 fully saturated rings. The van der Waals surface area contributed by atoms with Gasteiger partial charge in [-0.3, -0.25) is 9.52 Å². The van der Waals surface area contributed by atoms with Gasteiger partial charge in [0.1, 0.15) is 0 Å². The third kappa shape index (κ3) is 3.61. The number of anilines is 2. The first-order valence-corrected chi connectivity index (χ1v) is 7.81. The Morgan fingerprint density at radius 3 is 2.10 bits per heavy atom. The monoisotopic (exact) mass is 304 g/mol. The molecule has 2 aromatic carbocycles. The van der Waals surface area contributed by atoms with Crippen LogP contribution in [0.15, 0.2) is 59.5 Å². The Balaban J connectivity index is 2.23. The van der Waals surface area contributed by atoms with Crippen LogP contribution in [0.2, 0.25) is 0 Å². The molecule has 0 heterocycles. The SMILES string of the molecule is CC(=O)N(C)c1ccc(S(=O)(=O)Nc2ccccc2)cc1. The molecule has 0 unspecified atom stereocenters. The average molecular weight is 304 g/mol. The summed E-state index contributed by atoms with van der Waals surface area (Å²) in [7, 11) is -2.00. The number of sulfonamides is 1. The van der Waals surface area contributed by atoms with Gasteiger partial charge >= 0.3 is 0 Å². The second-order valence-corrected chi connectivity index (χ2v) is 6.23. The number of amides is 1. The fraction of sp³-hybridized carbons (Fsp3) is 0.133. The maximum atomic E-state index is 12.2. The van der Waals surface area contributed by atoms with E-state index in [1.165, 1.54) is 24.0 Å². The van der Waals surface area contributed by atoms with E-state index in [-0.39, 0.29) is 10.8 Å². The topological polar surface area (TPSA) is 66.5 Å². The summed E-state index contributed by atoms with van der Waals surface area (Å²) in [5.41, 5.74) is 1.14. The second-order valence-electron chi connectivity index (χ2n) is 4.54. The number of hydrogen-bond donors (Lipinski definition) is 1. The van der Waals surface area contributed by atoms with Crippen LogP contribution in [0.1, 0.15) is 6.92 Å². The molecule has 0 radical (unpaired) electrons. The van der Waals surface area contributed by atoms with E-state index >= 15 is 0 Å². The first-order chi connectivity index (χ1) is 9.90. The smallest absolute Gasteiger partial charge is 0.261 e. The molecule has 0 aliphatic rings. The number of benzene rings is 2. The molecular formula is C15H16N2O3S. The van der Waals surface area contributed by atoms with Crippen molar-refractivity contribution in [2.45, 2.75) is 11.8 Å². The zero-order valence-corrected chi connectivity index (χ0v) is 12.6. The lowest BCUT2D eigenvalue weighted by Crippen LogP contribution is -2.22. The highest BCUT2D eigenvalue weighted by Gasteiger charge is 2.14. The van der Waals surface area contributed by atoms with Crippen molar-refractivity contribution in [1.82, 2.24) is 0 Å². The molecule has 2 rings (SSSR count). The lowest BCUT2D eigenvalue weighted by Gasteiger charge is -2.15. The number of rotatable bonds is 4. The van der Waals surface area contributed by atoms with Crippen LogP contribution in [-0.4, -0.2) is 21.4 Å². The van der Waals surface area contributed by atoms with E-state index in [1.54, 1.807) is 43.4 Å². The van der Waals surface area contributed by atoms with Gasteiger partial charge in [0.2, 0.25) is 5.91 Å². The highest BCUT2D eigenvalue weighted by atomic mass is 32.2. The van der Waals surface area contributed by atoms with Crippen molar-refractivity contribution in [3.8, 4) is 0 Å². The largest absolute Gasteiger partial charge is 0.316 e. The molecule has 0 saturated heterocycles. The van der Waals surface area contributed by atoms with Crippen molar-refractivity contribution in [3.63, 3.8) is 0 Å². The van der Waals surface area contributed by atoms with Gasteiger partial charge in [0.25, 0.3) is 10.0 Å². The first-order valence-electron chi connectivity index (χ1n) is 6.32. The molecular weight excluding hydrogens is 288 g/mol. The molecule has 21 heavy (non-hydrogen) atoms. The van der Waals surface area contributed by atoms with E-state index in [4.69, 9.17) is 0 Å². The zero-order valence-electron chi connectivity index (χ0n) is 11.8. The molecule has 0 saturated carbocycles. The van der Waals surface area contributed by atoms with Crippen molar-refractivity contribution in [1.29, 1.82) is 0 Å². The second kappa shape index (κ2) is 5.97. The van der Waals surface area contributed by atoms with Gasteiger partial charge in [-0.15, -0.1) is 0 Å². The molecule has 2 aromatic rings. The van der Waals surface area contributed by atoms with Crippen LogP contribution in [0.25, 0.3) is 0 Å². The van der Waals surface area contributed by atoms with Gasteiger partial charge in [-0.25, -0.2) is 8.42 Å². The van der Waals surface area contributed by atoms with E-state index in [9.17, 15) is 13.2 Å². The summed E-state index contributed by atoms with van der Waals surface area (Å²) in [5.74, 6) is -0.118. The molecule has 0 aliphatic heterocycles. The summed E-state index contributed by atoms with van der Waals surface area (Å²) in [6.07, 6.45) is 0. The predicted molar refractivity (Wildman–Crippen MR) is 82.8 cm³/mol. The van der Waals surface area contributed by atoms with Gasteiger partial charge in [-0.1, -0.05) is 18.2 Å². The van der Waals surface area contributed by atoms with Crippen LogP contribution in [0.5, 0.6) is 0 Å². The van der Waals surface area contributed by atoms with Gasteiger partial charge in [-0.05, 0) is 36.4 Å². The Labute approximate surface area is 124 Å². The Bertz CT molecular complexity index is 725. The average Bonchev–Trinajstić information content (AvgIpc) is 2.47. The molecule has 0 spiro atoms. The quantitative estimate of drug-likeness (QED) is 0.943. The number of hydrogen-bond acceptors (Lipinski definition) is 3. The van der Waals surface area contributed by atoms with Gasteiger partial charge in [0.05, 0.1) is 4.90 Å². The summed E-state index contributed by atoms with van der Waals surface area (Å²) in [4.78, 5) is 12.9. The Morgan fingerprint density at radius 2 is 1.57 bits per heavy atom. The summed E-state index contributed by atoms with van der Waals surface area (Å²) in [6, 6.07) is 14.8. The Kier molecular flexibility index (Phi) is 4.28. The van der Waals surface area contributed by atoms with Gasteiger partial charge in [0, 0.05) is 25.3 Å². The minimum Gasteiger partial charge on any atom is -0.316 e. The van der Waals surface area contributed by atoms with Crippen molar-refractivity contribution in [2.24, 2.45) is 0 Å². The molecule has 1 amide bonds. The Hall–Kier alpha value is -2.34. The van der Waals surface area contributed by atoms with E-state index in [1.807, 2.05) is 6.07 Å². The number of para-hydroxylation sites is 1. The van der Waals surface area contributed by atoms with Crippen LogP contribution in [-0.2, 0) is 14.8 Å². The highest BCUT2D eigenvalue weighted by molar-refractivity contribution is 7.92. The van der Waals surface area contributed by atoms with Crippen molar-refractivity contribution >= 4 is 27.3 Å². The minimum absolute atomic E-state index is 0.118. The first kappa shape index (κ1) is 15.1. The normalized spacial score (nSPS) is 11.0. The molecule has 1 N–H and O–H groups in total. The zero-order chi connectivity index (χ0) is 15.5. The van der Waals surface area contributed by atoms with Gasteiger partial charge < -0.3 is 4.90 Å². The van der Waals surface area contributed by atoms with Crippen LogP contribution in [0, 0.1) is 0 Å². The standard InChI is InChI=1S/C15H16N2O3S/c1-12(18)17(2)14-8-10-15(11-9-14)21(19,20)16-13-6-4-3-5-7-13/h3-11,16H,1-2H3. The summed E-state index contributed by atoms with van der Waals surface area (Å²) < 4.78 is 26.9. The fourth-order valence-corrected chi connectivity index (χ4v) is 2.81. The van der Waals surface area contributed by atoms with Gasteiger partial charge in [0.15, 0.2) is 0 Å². The van der Waals surface area contributed by atoms with Crippen molar-refractivity contribution in [3.05, 3.63) is 54.6 Å². The van der Waals surface area contributed by atoms with Crippen LogP contribution in [0.3, 0.4) is 0 Å². The van der Waals surface area contributed by atoms with E-state index < -0.39 is 10.0 Å².